The molecule has 20 heavy (non-hydrogen) atoms. The summed E-state index contributed by atoms with van der Waals surface area (Å²) in [6, 6.07) is 8.17. The maximum absolute atomic E-state index is 10.4. The number of carboxylic acid groups (broad SMARTS) is 1. The van der Waals surface area contributed by atoms with Crippen molar-refractivity contribution in [2.75, 3.05) is 6.61 Å². The van der Waals surface area contributed by atoms with Gasteiger partial charge >= 0.3 is 5.97 Å². The van der Waals surface area contributed by atoms with Crippen molar-refractivity contribution in [3.8, 4) is 5.75 Å². The van der Waals surface area contributed by atoms with E-state index in [2.05, 4.69) is 22.9 Å². The molecule has 0 amide bonds. The van der Waals surface area contributed by atoms with Crippen molar-refractivity contribution >= 4 is 16.9 Å². The number of benzene rings is 1. The highest BCUT2D eigenvalue weighted by Crippen LogP contribution is 2.26. The Kier molecular flexibility index (Phi) is 5.04. The highest BCUT2D eigenvalue weighted by Gasteiger charge is 2.06. The second kappa shape index (κ2) is 6.98. The third-order valence-electron chi connectivity index (χ3n) is 3.36. The molecule has 0 aliphatic carbocycles. The van der Waals surface area contributed by atoms with Crippen molar-refractivity contribution in [3.63, 3.8) is 0 Å². The van der Waals surface area contributed by atoms with Gasteiger partial charge in [-0.3, -0.25) is 4.79 Å². The summed E-state index contributed by atoms with van der Waals surface area (Å²) in [4.78, 5) is 10.4. The van der Waals surface area contributed by atoms with Crippen LogP contribution in [0.15, 0.2) is 30.5 Å². The van der Waals surface area contributed by atoms with Crippen molar-refractivity contribution < 1.29 is 14.6 Å². The van der Waals surface area contributed by atoms with Crippen LogP contribution in [0.1, 0.15) is 32.6 Å². The summed E-state index contributed by atoms with van der Waals surface area (Å²) in [5.41, 5.74) is 1.18. The molecule has 0 aliphatic heterocycles. The molecule has 0 spiro atoms. The van der Waals surface area contributed by atoms with Crippen molar-refractivity contribution in [2.45, 2.75) is 39.2 Å². The van der Waals surface area contributed by atoms with Gasteiger partial charge in [-0.2, -0.15) is 0 Å². The molecule has 1 aromatic carbocycles. The molecule has 4 heteroatoms. The minimum absolute atomic E-state index is 0.265. The van der Waals surface area contributed by atoms with E-state index >= 15 is 0 Å². The zero-order valence-corrected chi connectivity index (χ0v) is 11.8. The van der Waals surface area contributed by atoms with Gasteiger partial charge in [0.1, 0.15) is 5.75 Å². The summed E-state index contributed by atoms with van der Waals surface area (Å²) in [6.07, 6.45) is 5.02. The molecule has 0 saturated carbocycles. The van der Waals surface area contributed by atoms with E-state index in [1.165, 1.54) is 5.52 Å². The molecule has 0 radical (unpaired) electrons. The number of aliphatic carboxylic acids is 1. The van der Waals surface area contributed by atoms with Gasteiger partial charge in [-0.25, -0.2) is 0 Å². The molecule has 0 aliphatic rings. The normalized spacial score (nSPS) is 10.8. The first-order chi connectivity index (χ1) is 9.72. The molecule has 0 bridgehead atoms. The van der Waals surface area contributed by atoms with Crippen LogP contribution in [-0.4, -0.2) is 22.2 Å². The van der Waals surface area contributed by atoms with Crippen molar-refractivity contribution in [3.05, 3.63) is 30.5 Å². The molecule has 1 aromatic heterocycles. The van der Waals surface area contributed by atoms with Crippen LogP contribution in [0, 0.1) is 0 Å². The van der Waals surface area contributed by atoms with Gasteiger partial charge in [0.05, 0.1) is 12.1 Å². The molecule has 0 saturated heterocycles. The van der Waals surface area contributed by atoms with Crippen LogP contribution in [0.2, 0.25) is 0 Å². The molecule has 2 aromatic rings. The Morgan fingerprint density at radius 3 is 2.85 bits per heavy atom. The van der Waals surface area contributed by atoms with Crippen LogP contribution in [0.5, 0.6) is 5.75 Å². The van der Waals surface area contributed by atoms with Gasteiger partial charge in [-0.05, 0) is 38.0 Å². The Morgan fingerprint density at radius 1 is 1.25 bits per heavy atom. The van der Waals surface area contributed by atoms with Crippen LogP contribution in [0.3, 0.4) is 0 Å². The van der Waals surface area contributed by atoms with E-state index in [0.29, 0.717) is 6.61 Å². The van der Waals surface area contributed by atoms with E-state index in [9.17, 15) is 4.79 Å². The number of hydrogen-bond donors (Lipinski definition) is 1. The zero-order valence-electron chi connectivity index (χ0n) is 11.8. The van der Waals surface area contributed by atoms with Gasteiger partial charge in [0.15, 0.2) is 0 Å². The summed E-state index contributed by atoms with van der Waals surface area (Å²) in [5.74, 6) is 0.215. The van der Waals surface area contributed by atoms with Crippen LogP contribution < -0.4 is 4.74 Å². The summed E-state index contributed by atoms with van der Waals surface area (Å²) >= 11 is 0. The number of rotatable bonds is 8. The number of ether oxygens (including phenoxy) is 1. The molecule has 0 atom stereocenters. The van der Waals surface area contributed by atoms with Crippen LogP contribution in [-0.2, 0) is 11.3 Å². The molecule has 4 nitrogen and oxygen atoms in total. The molecular formula is C16H21NO3. The van der Waals surface area contributed by atoms with Gasteiger partial charge in [0, 0.05) is 24.5 Å². The maximum Gasteiger partial charge on any atom is 0.303 e. The third-order valence-corrected chi connectivity index (χ3v) is 3.36. The van der Waals surface area contributed by atoms with Crippen LogP contribution in [0.25, 0.3) is 10.9 Å². The maximum atomic E-state index is 10.4. The number of carboxylic acids is 1. The molecular weight excluding hydrogens is 254 g/mol. The number of nitrogens with zero attached hydrogens (tertiary/aromatic N) is 1. The standard InChI is InChI=1S/C16H21NO3/c1-2-20-15-8-6-7-14-13(15)10-12-17(14)11-5-3-4-9-16(18)19/h6-8,10,12H,2-5,9,11H2,1H3,(H,18,19). The number of aryl methyl sites for hydroxylation is 1. The van der Waals surface area contributed by atoms with E-state index in [-0.39, 0.29) is 6.42 Å². The van der Waals surface area contributed by atoms with E-state index in [1.54, 1.807) is 0 Å². The number of hydrogen-bond acceptors (Lipinski definition) is 2. The summed E-state index contributed by atoms with van der Waals surface area (Å²) in [5, 5.41) is 9.74. The Bertz CT molecular complexity index is 574. The van der Waals surface area contributed by atoms with E-state index in [0.717, 1.165) is 36.9 Å². The Hall–Kier alpha value is -1.97. The van der Waals surface area contributed by atoms with Gasteiger partial charge in [-0.1, -0.05) is 12.5 Å². The lowest BCUT2D eigenvalue weighted by molar-refractivity contribution is -0.137. The van der Waals surface area contributed by atoms with Gasteiger partial charge in [0.25, 0.3) is 0 Å². The summed E-state index contributed by atoms with van der Waals surface area (Å²) < 4.78 is 7.83. The minimum Gasteiger partial charge on any atom is -0.493 e. The number of aromatic nitrogens is 1. The smallest absolute Gasteiger partial charge is 0.303 e. The fraction of sp³-hybridized carbons (Fsp3) is 0.438. The predicted molar refractivity (Wildman–Crippen MR) is 79.2 cm³/mol. The predicted octanol–water partition coefficient (Wildman–Crippen LogP) is 3.69. The van der Waals surface area contributed by atoms with Crippen molar-refractivity contribution in [1.29, 1.82) is 0 Å². The second-order valence-corrected chi connectivity index (χ2v) is 4.84. The van der Waals surface area contributed by atoms with Crippen molar-refractivity contribution in [1.82, 2.24) is 4.57 Å². The van der Waals surface area contributed by atoms with E-state index in [4.69, 9.17) is 9.84 Å². The number of fused-ring (bicyclic) bond motifs is 1. The van der Waals surface area contributed by atoms with Crippen LogP contribution in [0.4, 0.5) is 0 Å². The fourth-order valence-electron chi connectivity index (χ4n) is 2.41. The Balaban J connectivity index is 1.97. The molecule has 2 rings (SSSR count). The van der Waals surface area contributed by atoms with E-state index < -0.39 is 5.97 Å². The lowest BCUT2D eigenvalue weighted by atomic mass is 10.2. The monoisotopic (exact) mass is 275 g/mol. The first-order valence-corrected chi connectivity index (χ1v) is 7.15. The number of unbranched alkanes of at least 4 members (excludes halogenated alkanes) is 2. The highest BCUT2D eigenvalue weighted by atomic mass is 16.5. The van der Waals surface area contributed by atoms with Gasteiger partial charge in [0.2, 0.25) is 0 Å². The fourth-order valence-corrected chi connectivity index (χ4v) is 2.41. The summed E-state index contributed by atoms with van der Waals surface area (Å²) in [7, 11) is 0. The Labute approximate surface area is 119 Å². The molecule has 108 valence electrons. The summed E-state index contributed by atoms with van der Waals surface area (Å²) in [6.45, 7) is 3.57. The molecule has 0 unspecified atom stereocenters. The average molecular weight is 275 g/mol. The first kappa shape index (κ1) is 14.4. The van der Waals surface area contributed by atoms with E-state index in [1.807, 2.05) is 19.1 Å². The Morgan fingerprint density at radius 2 is 2.10 bits per heavy atom. The number of carbonyl (C=O) groups is 1. The SMILES string of the molecule is CCOc1cccc2c1ccn2CCCCCC(=O)O. The molecule has 0 fully saturated rings. The van der Waals surface area contributed by atoms with Gasteiger partial charge in [-0.15, -0.1) is 0 Å². The minimum atomic E-state index is -0.710. The second-order valence-electron chi connectivity index (χ2n) is 4.84. The zero-order chi connectivity index (χ0) is 14.4. The molecule has 1 N–H and O–H groups in total. The molecule has 1 heterocycles. The third kappa shape index (κ3) is 3.53. The first-order valence-electron chi connectivity index (χ1n) is 7.15. The highest BCUT2D eigenvalue weighted by molar-refractivity contribution is 5.86. The topological polar surface area (TPSA) is 51.5 Å². The lowest BCUT2D eigenvalue weighted by Crippen LogP contribution is -1.98. The van der Waals surface area contributed by atoms with Crippen LogP contribution >= 0.6 is 0 Å². The largest absolute Gasteiger partial charge is 0.493 e. The quantitative estimate of drug-likeness (QED) is 0.748. The average Bonchev–Trinajstić information content (AvgIpc) is 2.83. The lowest BCUT2D eigenvalue weighted by Gasteiger charge is -2.07. The van der Waals surface area contributed by atoms with Crippen molar-refractivity contribution in [2.24, 2.45) is 0 Å². The van der Waals surface area contributed by atoms with Gasteiger partial charge < -0.3 is 14.4 Å².